The molecule has 1 aliphatic rings. The summed E-state index contributed by atoms with van der Waals surface area (Å²) in [6.07, 6.45) is 4.03. The van der Waals surface area contributed by atoms with Crippen LogP contribution in [-0.4, -0.2) is 49.2 Å². The third kappa shape index (κ3) is 4.25. The van der Waals surface area contributed by atoms with Crippen LogP contribution in [0.3, 0.4) is 0 Å². The maximum Gasteiger partial charge on any atom is 0.222 e. The molecule has 0 radical (unpaired) electrons. The van der Waals surface area contributed by atoms with Gasteiger partial charge in [0.05, 0.1) is 11.6 Å². The molecule has 0 aliphatic carbocycles. The van der Waals surface area contributed by atoms with Gasteiger partial charge in [0.2, 0.25) is 5.91 Å². The molecule has 1 saturated heterocycles. The third-order valence-electron chi connectivity index (χ3n) is 3.89. The van der Waals surface area contributed by atoms with Crippen LogP contribution in [0.1, 0.15) is 46.5 Å². The monoisotopic (exact) mass is 256 g/mol. The van der Waals surface area contributed by atoms with Crippen molar-refractivity contribution in [2.24, 2.45) is 0 Å². The first kappa shape index (κ1) is 15.4. The summed E-state index contributed by atoms with van der Waals surface area (Å²) in [6.45, 7) is 8.75. The van der Waals surface area contributed by atoms with Crippen LogP contribution < -0.4 is 5.32 Å². The number of hydrogen-bond acceptors (Lipinski definition) is 3. The van der Waals surface area contributed by atoms with Crippen molar-refractivity contribution in [2.45, 2.75) is 58.1 Å². The van der Waals surface area contributed by atoms with Gasteiger partial charge in [0, 0.05) is 26.6 Å². The lowest BCUT2D eigenvalue weighted by Gasteiger charge is -2.37. The summed E-state index contributed by atoms with van der Waals surface area (Å²) in [5.74, 6) is 0.294. The highest BCUT2D eigenvalue weighted by atomic mass is 16.5. The average molecular weight is 256 g/mol. The SMILES string of the molecule is CCNC(CN1CCCCCC1=O)C(C)(C)OC. The zero-order chi connectivity index (χ0) is 13.6. The lowest BCUT2D eigenvalue weighted by molar-refractivity contribution is -0.132. The lowest BCUT2D eigenvalue weighted by atomic mass is 9.97. The predicted octanol–water partition coefficient (Wildman–Crippen LogP) is 1.79. The van der Waals surface area contributed by atoms with E-state index in [1.54, 1.807) is 7.11 Å². The van der Waals surface area contributed by atoms with Crippen LogP contribution in [-0.2, 0) is 9.53 Å². The minimum Gasteiger partial charge on any atom is -0.377 e. The number of hydrogen-bond donors (Lipinski definition) is 1. The molecule has 0 saturated carbocycles. The maximum absolute atomic E-state index is 12.0. The van der Waals surface area contributed by atoms with Crippen LogP contribution >= 0.6 is 0 Å². The molecule has 1 fully saturated rings. The Morgan fingerprint density at radius 1 is 1.39 bits per heavy atom. The van der Waals surface area contributed by atoms with E-state index in [1.807, 2.05) is 4.90 Å². The number of methoxy groups -OCH3 is 1. The van der Waals surface area contributed by atoms with Crippen LogP contribution in [0.15, 0.2) is 0 Å². The summed E-state index contributed by atoms with van der Waals surface area (Å²) in [7, 11) is 1.73. The molecule has 1 atom stereocenters. The van der Waals surface area contributed by atoms with Crippen molar-refractivity contribution >= 4 is 5.91 Å². The Labute approximate surface area is 111 Å². The molecular formula is C14H28N2O2. The quantitative estimate of drug-likeness (QED) is 0.788. The summed E-state index contributed by atoms with van der Waals surface area (Å²) < 4.78 is 5.56. The van der Waals surface area contributed by atoms with Gasteiger partial charge in [0.1, 0.15) is 0 Å². The molecule has 1 heterocycles. The second kappa shape index (κ2) is 7.10. The fraction of sp³-hybridized carbons (Fsp3) is 0.929. The largest absolute Gasteiger partial charge is 0.377 e. The second-order valence-corrected chi connectivity index (χ2v) is 5.57. The highest BCUT2D eigenvalue weighted by Crippen LogP contribution is 2.18. The van der Waals surface area contributed by atoms with E-state index in [4.69, 9.17) is 4.74 Å². The van der Waals surface area contributed by atoms with Gasteiger partial charge in [-0.05, 0) is 33.2 Å². The Morgan fingerprint density at radius 3 is 2.72 bits per heavy atom. The van der Waals surface area contributed by atoms with Crippen molar-refractivity contribution in [3.05, 3.63) is 0 Å². The van der Waals surface area contributed by atoms with Gasteiger partial charge >= 0.3 is 0 Å². The first-order valence-electron chi connectivity index (χ1n) is 7.07. The first-order chi connectivity index (χ1) is 8.51. The van der Waals surface area contributed by atoms with Gasteiger partial charge in [-0.2, -0.15) is 0 Å². The fourth-order valence-electron chi connectivity index (χ4n) is 2.37. The predicted molar refractivity (Wildman–Crippen MR) is 73.6 cm³/mol. The number of rotatable bonds is 6. The van der Waals surface area contributed by atoms with E-state index in [0.29, 0.717) is 12.3 Å². The third-order valence-corrected chi connectivity index (χ3v) is 3.89. The molecule has 0 spiro atoms. The average Bonchev–Trinajstić information content (AvgIpc) is 2.54. The van der Waals surface area contributed by atoms with Gasteiger partial charge in [-0.3, -0.25) is 4.79 Å². The van der Waals surface area contributed by atoms with Gasteiger partial charge in [0.15, 0.2) is 0 Å². The number of nitrogens with zero attached hydrogens (tertiary/aromatic N) is 1. The molecule has 1 amide bonds. The van der Waals surface area contributed by atoms with Crippen molar-refractivity contribution in [1.82, 2.24) is 10.2 Å². The number of carbonyl (C=O) groups excluding carboxylic acids is 1. The van der Waals surface area contributed by atoms with Crippen LogP contribution in [0.4, 0.5) is 0 Å². The summed E-state index contributed by atoms with van der Waals surface area (Å²) in [6, 6.07) is 0.176. The number of nitrogens with one attached hydrogen (secondary N) is 1. The lowest BCUT2D eigenvalue weighted by Crippen LogP contribution is -2.55. The highest BCUT2D eigenvalue weighted by Gasteiger charge is 2.31. The molecule has 4 nitrogen and oxygen atoms in total. The Bertz CT molecular complexity index is 267. The Balaban J connectivity index is 2.66. The van der Waals surface area contributed by atoms with E-state index in [-0.39, 0.29) is 11.6 Å². The molecule has 0 aromatic rings. The molecule has 1 aliphatic heterocycles. The van der Waals surface area contributed by atoms with Gasteiger partial charge in [-0.1, -0.05) is 13.3 Å². The van der Waals surface area contributed by atoms with E-state index in [0.717, 1.165) is 32.5 Å². The van der Waals surface area contributed by atoms with Crippen molar-refractivity contribution in [1.29, 1.82) is 0 Å². The van der Waals surface area contributed by atoms with Gasteiger partial charge < -0.3 is 15.0 Å². The molecular weight excluding hydrogens is 228 g/mol. The molecule has 0 bridgehead atoms. The van der Waals surface area contributed by atoms with Crippen molar-refractivity contribution in [2.75, 3.05) is 26.7 Å². The Kier molecular flexibility index (Phi) is 6.09. The normalized spacial score (nSPS) is 19.8. The van der Waals surface area contributed by atoms with Crippen LogP contribution in [0, 0.1) is 0 Å². The number of likely N-dealkylation sites (N-methyl/N-ethyl adjacent to an activating group) is 1. The topological polar surface area (TPSA) is 41.6 Å². The Morgan fingerprint density at radius 2 is 2.11 bits per heavy atom. The van der Waals surface area contributed by atoms with Gasteiger partial charge in [0.25, 0.3) is 0 Å². The van der Waals surface area contributed by atoms with Crippen LogP contribution in [0.25, 0.3) is 0 Å². The first-order valence-corrected chi connectivity index (χ1v) is 7.07. The fourth-order valence-corrected chi connectivity index (χ4v) is 2.37. The summed E-state index contributed by atoms with van der Waals surface area (Å²) in [5.41, 5.74) is -0.261. The minimum absolute atomic E-state index is 0.176. The van der Waals surface area contributed by atoms with E-state index >= 15 is 0 Å². The number of likely N-dealkylation sites (tertiary alicyclic amines) is 1. The summed E-state index contributed by atoms with van der Waals surface area (Å²) >= 11 is 0. The number of ether oxygens (including phenoxy) is 1. The second-order valence-electron chi connectivity index (χ2n) is 5.57. The zero-order valence-electron chi connectivity index (χ0n) is 12.3. The summed E-state index contributed by atoms with van der Waals surface area (Å²) in [5, 5.41) is 3.44. The zero-order valence-corrected chi connectivity index (χ0v) is 12.3. The molecule has 18 heavy (non-hydrogen) atoms. The number of amides is 1. The minimum atomic E-state index is -0.261. The van der Waals surface area contributed by atoms with Crippen molar-refractivity contribution in [3.8, 4) is 0 Å². The van der Waals surface area contributed by atoms with Crippen LogP contribution in [0.2, 0.25) is 0 Å². The molecule has 1 rings (SSSR count). The van der Waals surface area contributed by atoms with Gasteiger partial charge in [-0.25, -0.2) is 0 Å². The van der Waals surface area contributed by atoms with E-state index < -0.39 is 0 Å². The summed E-state index contributed by atoms with van der Waals surface area (Å²) in [4.78, 5) is 14.0. The molecule has 1 unspecified atom stereocenters. The standard InChI is InChI=1S/C14H28N2O2/c1-5-15-12(14(2,3)18-4)11-16-10-8-6-7-9-13(16)17/h12,15H,5-11H2,1-4H3. The molecule has 106 valence electrons. The number of carbonyl (C=O) groups is 1. The van der Waals surface area contributed by atoms with E-state index in [2.05, 4.69) is 26.1 Å². The van der Waals surface area contributed by atoms with Crippen LogP contribution in [0.5, 0.6) is 0 Å². The van der Waals surface area contributed by atoms with Crippen molar-refractivity contribution < 1.29 is 9.53 Å². The highest BCUT2D eigenvalue weighted by molar-refractivity contribution is 5.76. The molecule has 1 N–H and O–H groups in total. The smallest absolute Gasteiger partial charge is 0.222 e. The Hall–Kier alpha value is -0.610. The molecule has 0 aromatic carbocycles. The molecule has 4 heteroatoms. The van der Waals surface area contributed by atoms with Crippen molar-refractivity contribution in [3.63, 3.8) is 0 Å². The molecule has 0 aromatic heterocycles. The maximum atomic E-state index is 12.0. The van der Waals surface area contributed by atoms with Gasteiger partial charge in [-0.15, -0.1) is 0 Å². The van der Waals surface area contributed by atoms with E-state index in [1.165, 1.54) is 6.42 Å². The van der Waals surface area contributed by atoms with E-state index in [9.17, 15) is 4.79 Å².